The third-order valence-electron chi connectivity index (χ3n) is 3.85. The van der Waals surface area contributed by atoms with Crippen molar-refractivity contribution in [1.29, 1.82) is 0 Å². The summed E-state index contributed by atoms with van der Waals surface area (Å²) in [6.45, 7) is 2.11. The van der Waals surface area contributed by atoms with Crippen molar-refractivity contribution in [1.82, 2.24) is 4.90 Å². The number of methoxy groups -OCH3 is 2. The predicted molar refractivity (Wildman–Crippen MR) is 89.3 cm³/mol. The first-order chi connectivity index (χ1) is 12.2. The molecule has 1 aromatic heterocycles. The van der Waals surface area contributed by atoms with Gasteiger partial charge in [-0.15, -0.1) is 0 Å². The van der Waals surface area contributed by atoms with E-state index in [1.807, 2.05) is 6.07 Å². The highest BCUT2D eigenvalue weighted by molar-refractivity contribution is 5.95. The van der Waals surface area contributed by atoms with Gasteiger partial charge in [0.2, 0.25) is 5.75 Å². The van der Waals surface area contributed by atoms with Crippen molar-refractivity contribution in [3.8, 4) is 17.2 Å². The lowest BCUT2D eigenvalue weighted by molar-refractivity contribution is 0.0665. The molecule has 2 aromatic rings. The highest BCUT2D eigenvalue weighted by Gasteiger charge is 2.24. The molecule has 0 saturated heterocycles. The summed E-state index contributed by atoms with van der Waals surface area (Å²) in [7, 11) is 3.13. The van der Waals surface area contributed by atoms with Crippen LogP contribution in [0.4, 0.5) is 0 Å². The number of carbonyl (C=O) groups excluding carboxylic acids is 1. The van der Waals surface area contributed by atoms with Gasteiger partial charge in [-0.3, -0.25) is 4.79 Å². The van der Waals surface area contributed by atoms with Gasteiger partial charge in [-0.2, -0.15) is 0 Å². The monoisotopic (exact) mass is 347 g/mol. The molecule has 3 rings (SSSR count). The number of hydrogen-bond donors (Lipinski definition) is 0. The number of carbonyl (C=O) groups is 1. The Hall–Kier alpha value is -2.67. The van der Waals surface area contributed by atoms with Gasteiger partial charge >= 0.3 is 0 Å². The molecule has 0 bridgehead atoms. The molecule has 134 valence electrons. The normalized spacial score (nSPS) is 12.7. The van der Waals surface area contributed by atoms with Crippen LogP contribution < -0.4 is 14.2 Å². The Morgan fingerprint density at radius 2 is 2.08 bits per heavy atom. The quantitative estimate of drug-likeness (QED) is 0.766. The Bertz CT molecular complexity index is 695. The first-order valence-electron chi connectivity index (χ1n) is 8.01. The average Bonchev–Trinajstić information content (AvgIpc) is 3.16. The second-order valence-electron chi connectivity index (χ2n) is 5.50. The maximum atomic E-state index is 13.0. The maximum Gasteiger partial charge on any atom is 0.254 e. The van der Waals surface area contributed by atoms with Crippen molar-refractivity contribution in [2.75, 3.05) is 40.6 Å². The lowest BCUT2D eigenvalue weighted by Gasteiger charge is -2.24. The predicted octanol–water partition coefficient (Wildman–Crippen LogP) is 2.35. The van der Waals surface area contributed by atoms with Crippen LogP contribution >= 0.6 is 0 Å². The fraction of sp³-hybridized carbons (Fsp3) is 0.389. The first kappa shape index (κ1) is 17.2. The summed E-state index contributed by atoms with van der Waals surface area (Å²) in [4.78, 5) is 14.7. The van der Waals surface area contributed by atoms with E-state index in [2.05, 4.69) is 0 Å². The van der Waals surface area contributed by atoms with Crippen molar-refractivity contribution in [3.05, 3.63) is 41.9 Å². The summed E-state index contributed by atoms with van der Waals surface area (Å²) >= 11 is 0. The molecule has 0 atom stereocenters. The average molecular weight is 347 g/mol. The summed E-state index contributed by atoms with van der Waals surface area (Å²) in [5, 5.41) is 0. The van der Waals surface area contributed by atoms with Gasteiger partial charge in [0.1, 0.15) is 19.0 Å². The lowest BCUT2D eigenvalue weighted by atomic mass is 10.1. The van der Waals surface area contributed by atoms with E-state index in [1.165, 1.54) is 7.11 Å². The van der Waals surface area contributed by atoms with E-state index in [0.717, 1.165) is 0 Å². The first-order valence-corrected chi connectivity index (χ1v) is 8.01. The Labute approximate surface area is 146 Å². The topological polar surface area (TPSA) is 70.4 Å². The van der Waals surface area contributed by atoms with Crippen LogP contribution in [0.25, 0.3) is 0 Å². The van der Waals surface area contributed by atoms with Crippen LogP contribution in [0, 0.1) is 0 Å². The summed E-state index contributed by atoms with van der Waals surface area (Å²) < 4.78 is 27.0. The SMILES string of the molecule is COCCN(Cc1ccco1)C(=O)c1cc(OC)c2c(c1)OCCO2. The van der Waals surface area contributed by atoms with Crippen molar-refractivity contribution >= 4 is 5.91 Å². The van der Waals surface area contributed by atoms with Crippen molar-refractivity contribution in [2.45, 2.75) is 6.54 Å². The summed E-state index contributed by atoms with van der Waals surface area (Å²) in [6, 6.07) is 6.97. The minimum absolute atomic E-state index is 0.163. The summed E-state index contributed by atoms with van der Waals surface area (Å²) in [6.07, 6.45) is 1.58. The molecule has 0 saturated carbocycles. The van der Waals surface area contributed by atoms with E-state index in [0.29, 0.717) is 61.5 Å². The van der Waals surface area contributed by atoms with E-state index in [1.54, 1.807) is 36.5 Å². The molecule has 0 aliphatic carbocycles. The molecule has 0 N–H and O–H groups in total. The van der Waals surface area contributed by atoms with E-state index < -0.39 is 0 Å². The van der Waals surface area contributed by atoms with Gasteiger partial charge in [-0.1, -0.05) is 0 Å². The number of nitrogens with zero attached hydrogens (tertiary/aromatic N) is 1. The fourth-order valence-corrected chi connectivity index (χ4v) is 2.62. The molecule has 0 unspecified atom stereocenters. The summed E-state index contributed by atoms with van der Waals surface area (Å²) in [5.41, 5.74) is 0.462. The highest BCUT2D eigenvalue weighted by atomic mass is 16.6. The standard InChI is InChI=1S/C18H21NO6/c1-21-7-5-19(12-14-4-3-6-23-14)18(20)13-10-15(22-2)17-16(11-13)24-8-9-25-17/h3-4,6,10-11H,5,7-9,12H2,1-2H3. The molecule has 0 spiro atoms. The smallest absolute Gasteiger partial charge is 0.254 e. The minimum atomic E-state index is -0.163. The number of fused-ring (bicyclic) bond motifs is 1. The number of amides is 1. The third-order valence-corrected chi connectivity index (χ3v) is 3.85. The van der Waals surface area contributed by atoms with Crippen LogP contribution in [0.15, 0.2) is 34.9 Å². The largest absolute Gasteiger partial charge is 0.493 e. The molecule has 2 heterocycles. The summed E-state index contributed by atoms with van der Waals surface area (Å²) in [5.74, 6) is 2.06. The fourth-order valence-electron chi connectivity index (χ4n) is 2.62. The van der Waals surface area contributed by atoms with Gasteiger partial charge in [0.25, 0.3) is 5.91 Å². The molecule has 0 fully saturated rings. The molecule has 7 heteroatoms. The van der Waals surface area contributed by atoms with E-state index >= 15 is 0 Å². The van der Waals surface area contributed by atoms with E-state index in [9.17, 15) is 4.79 Å². The molecular weight excluding hydrogens is 326 g/mol. The van der Waals surface area contributed by atoms with Crippen LogP contribution in [0.5, 0.6) is 17.2 Å². The molecule has 1 aliphatic heterocycles. The number of hydrogen-bond acceptors (Lipinski definition) is 6. The molecule has 1 aromatic carbocycles. The second kappa shape index (κ2) is 7.94. The second-order valence-corrected chi connectivity index (χ2v) is 5.50. The van der Waals surface area contributed by atoms with Gasteiger partial charge in [0, 0.05) is 19.2 Å². The van der Waals surface area contributed by atoms with Gasteiger partial charge < -0.3 is 28.3 Å². The Balaban J connectivity index is 1.87. The van der Waals surface area contributed by atoms with Crippen LogP contribution in [0.2, 0.25) is 0 Å². The van der Waals surface area contributed by atoms with Gasteiger partial charge in [0.15, 0.2) is 11.5 Å². The van der Waals surface area contributed by atoms with Gasteiger partial charge in [-0.05, 0) is 24.3 Å². The lowest BCUT2D eigenvalue weighted by Crippen LogP contribution is -2.33. The van der Waals surface area contributed by atoms with Crippen LogP contribution in [-0.4, -0.2) is 51.4 Å². The Morgan fingerprint density at radius 3 is 2.80 bits per heavy atom. The van der Waals surface area contributed by atoms with E-state index in [-0.39, 0.29) is 5.91 Å². The number of ether oxygens (including phenoxy) is 4. The molecular formula is C18H21NO6. The molecule has 1 aliphatic rings. The van der Waals surface area contributed by atoms with Crippen LogP contribution in [-0.2, 0) is 11.3 Å². The maximum absolute atomic E-state index is 13.0. The van der Waals surface area contributed by atoms with Crippen LogP contribution in [0.1, 0.15) is 16.1 Å². The highest BCUT2D eigenvalue weighted by Crippen LogP contribution is 2.40. The number of rotatable bonds is 7. The van der Waals surface area contributed by atoms with Crippen molar-refractivity contribution < 1.29 is 28.2 Å². The van der Waals surface area contributed by atoms with Crippen molar-refractivity contribution in [3.63, 3.8) is 0 Å². The minimum Gasteiger partial charge on any atom is -0.493 e. The van der Waals surface area contributed by atoms with E-state index in [4.69, 9.17) is 23.4 Å². The zero-order valence-corrected chi connectivity index (χ0v) is 14.3. The van der Waals surface area contributed by atoms with Crippen molar-refractivity contribution in [2.24, 2.45) is 0 Å². The molecule has 25 heavy (non-hydrogen) atoms. The number of benzene rings is 1. The zero-order chi connectivity index (χ0) is 17.6. The molecule has 1 amide bonds. The van der Waals surface area contributed by atoms with Gasteiger partial charge in [-0.25, -0.2) is 0 Å². The Kier molecular flexibility index (Phi) is 5.45. The number of furan rings is 1. The molecule has 7 nitrogen and oxygen atoms in total. The Morgan fingerprint density at radius 1 is 1.24 bits per heavy atom. The molecule has 0 radical (unpaired) electrons. The van der Waals surface area contributed by atoms with Gasteiger partial charge in [0.05, 0.1) is 26.5 Å². The zero-order valence-electron chi connectivity index (χ0n) is 14.3. The van der Waals surface area contributed by atoms with Crippen LogP contribution in [0.3, 0.4) is 0 Å². The third kappa shape index (κ3) is 3.88.